The van der Waals surface area contributed by atoms with Crippen LogP contribution in [0.3, 0.4) is 0 Å². The summed E-state index contributed by atoms with van der Waals surface area (Å²) in [6, 6.07) is 11.0. The first-order valence-electron chi connectivity index (χ1n) is 15.0. The average Bonchev–Trinajstić information content (AvgIpc) is 3.02. The molecule has 1 aromatic carbocycles. The fourth-order valence-electron chi connectivity index (χ4n) is 4.72. The number of hydrogen-bond donors (Lipinski definition) is 4. The number of carbonyl (C=O) groups excluding carboxylic acids is 1. The number of nitrogens with zero attached hydrogens (tertiary/aromatic N) is 4. The number of aliphatic carboxylic acids is 1. The maximum absolute atomic E-state index is 12.2. The first kappa shape index (κ1) is 34.8. The minimum absolute atomic E-state index is 0.162. The quantitative estimate of drug-likeness (QED) is 0.275. The third kappa shape index (κ3) is 12.2. The third-order valence-electron chi connectivity index (χ3n) is 7.22. The molecule has 0 spiro atoms. The van der Waals surface area contributed by atoms with Gasteiger partial charge in [0, 0.05) is 31.9 Å². The number of amides is 1. The van der Waals surface area contributed by atoms with Gasteiger partial charge in [-0.1, -0.05) is 44.7 Å². The fraction of sp³-hybridized carbons (Fsp3) is 0.581. The molecule has 2 heterocycles. The van der Waals surface area contributed by atoms with Crippen LogP contribution in [-0.2, 0) is 4.79 Å². The van der Waals surface area contributed by atoms with Gasteiger partial charge in [-0.2, -0.15) is 5.26 Å². The highest BCUT2D eigenvalue weighted by atomic mass is 35.5. The van der Waals surface area contributed by atoms with Gasteiger partial charge in [-0.15, -0.1) is 10.2 Å². The molecule has 0 unspecified atom stereocenters. The van der Waals surface area contributed by atoms with Gasteiger partial charge in [-0.05, 0) is 81.9 Å². The van der Waals surface area contributed by atoms with Crippen LogP contribution in [0.15, 0.2) is 30.3 Å². The van der Waals surface area contributed by atoms with E-state index in [1.165, 1.54) is 45.2 Å². The molecule has 42 heavy (non-hydrogen) atoms. The Morgan fingerprint density at radius 1 is 1.02 bits per heavy atom. The van der Waals surface area contributed by atoms with Crippen molar-refractivity contribution in [1.29, 1.82) is 5.26 Å². The first-order valence-corrected chi connectivity index (χ1v) is 15.4. The molecule has 0 radical (unpaired) electrons. The summed E-state index contributed by atoms with van der Waals surface area (Å²) in [6.07, 6.45) is 9.39. The Kier molecular flexibility index (Phi) is 16.3. The number of halogens is 1. The molecule has 1 amide bonds. The monoisotopic (exact) mass is 599 g/mol. The molecule has 0 bridgehead atoms. The smallest absolute Gasteiger partial charge is 0.306 e. The van der Waals surface area contributed by atoms with Crippen molar-refractivity contribution in [2.24, 2.45) is 5.92 Å². The Balaban J connectivity index is 0.000000282. The molecule has 10 nitrogen and oxygen atoms in total. The molecular formula is C31H46ClN7O3. The molecule has 1 aliphatic heterocycles. The van der Waals surface area contributed by atoms with E-state index in [2.05, 4.69) is 40.0 Å². The van der Waals surface area contributed by atoms with E-state index in [9.17, 15) is 9.59 Å². The Labute approximate surface area is 255 Å². The van der Waals surface area contributed by atoms with Gasteiger partial charge in [0.15, 0.2) is 11.5 Å². The Morgan fingerprint density at radius 3 is 2.19 bits per heavy atom. The molecule has 2 aliphatic rings. The molecule has 1 saturated carbocycles. The molecule has 0 atom stereocenters. The summed E-state index contributed by atoms with van der Waals surface area (Å²) in [6.45, 7) is 8.02. The molecule has 2 aromatic rings. The van der Waals surface area contributed by atoms with E-state index in [0.29, 0.717) is 48.0 Å². The van der Waals surface area contributed by atoms with E-state index in [4.69, 9.17) is 22.0 Å². The zero-order valence-electron chi connectivity index (χ0n) is 25.2. The normalized spacial score (nSPS) is 15.3. The minimum Gasteiger partial charge on any atom is -0.481 e. The largest absolute Gasteiger partial charge is 0.481 e. The van der Waals surface area contributed by atoms with Gasteiger partial charge < -0.3 is 26.0 Å². The molecule has 4 N–H and O–H groups in total. The van der Waals surface area contributed by atoms with Crippen LogP contribution in [0.4, 0.5) is 11.5 Å². The van der Waals surface area contributed by atoms with Gasteiger partial charge in [-0.25, -0.2) is 0 Å². The molecular weight excluding hydrogens is 554 g/mol. The van der Waals surface area contributed by atoms with E-state index in [0.717, 1.165) is 18.5 Å². The molecule has 4 rings (SSSR count). The molecule has 2 fully saturated rings. The summed E-state index contributed by atoms with van der Waals surface area (Å²) in [5.74, 6) is -0.455. The predicted molar refractivity (Wildman–Crippen MR) is 168 cm³/mol. The topological polar surface area (TPSA) is 143 Å². The van der Waals surface area contributed by atoms with Gasteiger partial charge in [0.1, 0.15) is 6.07 Å². The van der Waals surface area contributed by atoms with Crippen molar-refractivity contribution in [3.63, 3.8) is 0 Å². The number of aromatic nitrogens is 2. The van der Waals surface area contributed by atoms with Crippen molar-refractivity contribution < 1.29 is 14.7 Å². The molecule has 230 valence electrons. The Hall–Kier alpha value is -3.42. The summed E-state index contributed by atoms with van der Waals surface area (Å²) in [5, 5.41) is 35.5. The van der Waals surface area contributed by atoms with E-state index in [1.54, 1.807) is 31.3 Å². The van der Waals surface area contributed by atoms with Gasteiger partial charge in [0.05, 0.1) is 16.5 Å². The number of nitriles is 1. The van der Waals surface area contributed by atoms with Crippen molar-refractivity contribution >= 4 is 35.0 Å². The maximum Gasteiger partial charge on any atom is 0.306 e. The lowest BCUT2D eigenvalue weighted by atomic mass is 9.95. The maximum atomic E-state index is 12.2. The van der Waals surface area contributed by atoms with Crippen LogP contribution in [-0.4, -0.2) is 66.4 Å². The SMILES string of the molecule is CCCNCCC.CNc1ccc(C#N)c(Cl)c1.O=C(NC1CCCCC1)c1ccc(N2CCC(C(=O)O)CC2)nn1. The molecule has 1 saturated heterocycles. The van der Waals surface area contributed by atoms with Gasteiger partial charge >= 0.3 is 5.97 Å². The second kappa shape index (κ2) is 19.7. The standard InChI is InChI=1S/C17H24N4O3.C8H7ClN2.C6H15N/c22-16(18-13-4-2-1-3-5-13)14-6-7-15(20-19-14)21-10-8-12(9-11-21)17(23)24;1-11-7-3-2-6(5-10)8(9)4-7;1-3-5-7-6-4-2/h6-7,12-13H,1-5,8-11H2,(H,18,22)(H,23,24);2-4,11H,1H3;7H,3-6H2,1-2H3. The van der Waals surface area contributed by atoms with E-state index in [-0.39, 0.29) is 17.9 Å². The number of carboxylic acid groups (broad SMARTS) is 1. The van der Waals surface area contributed by atoms with Crippen LogP contribution in [0, 0.1) is 17.2 Å². The van der Waals surface area contributed by atoms with E-state index in [1.807, 2.05) is 17.0 Å². The molecule has 11 heteroatoms. The van der Waals surface area contributed by atoms with Gasteiger partial charge in [0.2, 0.25) is 0 Å². The van der Waals surface area contributed by atoms with Crippen molar-refractivity contribution in [2.45, 2.75) is 77.7 Å². The summed E-state index contributed by atoms with van der Waals surface area (Å²) in [7, 11) is 1.80. The second-order valence-corrected chi connectivity index (χ2v) is 10.9. The van der Waals surface area contributed by atoms with Crippen molar-refractivity contribution in [1.82, 2.24) is 20.8 Å². The van der Waals surface area contributed by atoms with Crippen molar-refractivity contribution in [3.05, 3.63) is 46.6 Å². The van der Waals surface area contributed by atoms with Crippen LogP contribution in [0.25, 0.3) is 0 Å². The number of rotatable bonds is 9. The van der Waals surface area contributed by atoms with Crippen molar-refractivity contribution in [2.75, 3.05) is 43.4 Å². The van der Waals surface area contributed by atoms with E-state index < -0.39 is 5.97 Å². The number of anilines is 2. The first-order chi connectivity index (χ1) is 20.3. The zero-order chi connectivity index (χ0) is 30.7. The average molecular weight is 600 g/mol. The van der Waals surface area contributed by atoms with E-state index >= 15 is 0 Å². The minimum atomic E-state index is -0.726. The zero-order valence-corrected chi connectivity index (χ0v) is 25.9. The summed E-state index contributed by atoms with van der Waals surface area (Å²) < 4.78 is 0. The number of carbonyl (C=O) groups is 2. The molecule has 1 aliphatic carbocycles. The van der Waals surface area contributed by atoms with Crippen molar-refractivity contribution in [3.8, 4) is 6.07 Å². The highest BCUT2D eigenvalue weighted by molar-refractivity contribution is 6.32. The number of benzene rings is 1. The van der Waals surface area contributed by atoms with Crippen LogP contribution < -0.4 is 20.9 Å². The lowest BCUT2D eigenvalue weighted by Gasteiger charge is -2.30. The van der Waals surface area contributed by atoms with Crippen LogP contribution in [0.2, 0.25) is 5.02 Å². The number of piperidine rings is 1. The summed E-state index contributed by atoms with van der Waals surface area (Å²) in [5.41, 5.74) is 1.75. The fourth-order valence-corrected chi connectivity index (χ4v) is 4.94. The predicted octanol–water partition coefficient (Wildman–Crippen LogP) is 5.49. The lowest BCUT2D eigenvalue weighted by Crippen LogP contribution is -2.38. The summed E-state index contributed by atoms with van der Waals surface area (Å²) >= 11 is 5.75. The second-order valence-electron chi connectivity index (χ2n) is 10.5. The Bertz CT molecular complexity index is 1120. The molecule has 1 aromatic heterocycles. The van der Waals surface area contributed by atoms with Crippen LogP contribution in [0.5, 0.6) is 0 Å². The Morgan fingerprint density at radius 2 is 1.69 bits per heavy atom. The summed E-state index contributed by atoms with van der Waals surface area (Å²) in [4.78, 5) is 25.2. The number of hydrogen-bond acceptors (Lipinski definition) is 8. The highest BCUT2D eigenvalue weighted by Gasteiger charge is 2.25. The number of carboxylic acids is 1. The third-order valence-corrected chi connectivity index (χ3v) is 7.54. The van der Waals surface area contributed by atoms with Gasteiger partial charge in [-0.3, -0.25) is 9.59 Å². The lowest BCUT2D eigenvalue weighted by molar-refractivity contribution is -0.142. The number of nitrogens with one attached hydrogen (secondary N) is 3. The van der Waals surface area contributed by atoms with Gasteiger partial charge in [0.25, 0.3) is 5.91 Å². The highest BCUT2D eigenvalue weighted by Crippen LogP contribution is 2.22. The van der Waals surface area contributed by atoms with Crippen LogP contribution in [0.1, 0.15) is 87.7 Å². The van der Waals surface area contributed by atoms with Crippen LogP contribution >= 0.6 is 11.6 Å².